The molecule has 0 heterocycles. The van der Waals surface area contributed by atoms with Crippen LogP contribution < -0.4 is 14.8 Å². The predicted molar refractivity (Wildman–Crippen MR) is 92.4 cm³/mol. The molecule has 0 bridgehead atoms. The number of anilines is 2. The third-order valence-electron chi connectivity index (χ3n) is 3.33. The van der Waals surface area contributed by atoms with Gasteiger partial charge in [0.1, 0.15) is 34.7 Å². The number of nitrogens with one attached hydrogen (secondary N) is 1. The molecule has 1 N–H and O–H groups in total. The lowest BCUT2D eigenvalue weighted by molar-refractivity contribution is 0.231. The number of hydrogen-bond acceptors (Lipinski definition) is 5. The minimum Gasteiger partial charge on any atom is -0.494 e. The van der Waals surface area contributed by atoms with Crippen LogP contribution in [0.1, 0.15) is 31.9 Å². The Morgan fingerprint density at radius 3 is 2.35 bits per heavy atom. The van der Waals surface area contributed by atoms with Crippen molar-refractivity contribution >= 4 is 11.4 Å². The number of ether oxygens (including phenoxy) is 2. The van der Waals surface area contributed by atoms with E-state index in [1.165, 1.54) is 12.1 Å². The van der Waals surface area contributed by atoms with Crippen molar-refractivity contribution in [3.8, 4) is 23.6 Å². The summed E-state index contributed by atoms with van der Waals surface area (Å²) in [5, 5.41) is 21.0. The van der Waals surface area contributed by atoms with Crippen molar-refractivity contribution in [3.63, 3.8) is 0 Å². The Labute approximate surface area is 150 Å². The summed E-state index contributed by atoms with van der Waals surface area (Å²) in [6.07, 6.45) is -0.473. The Kier molecular flexibility index (Phi) is 5.98. The lowest BCUT2D eigenvalue weighted by atomic mass is 10.1. The zero-order chi connectivity index (χ0) is 19.3. The van der Waals surface area contributed by atoms with E-state index in [0.29, 0.717) is 18.0 Å². The van der Waals surface area contributed by atoms with Crippen LogP contribution in [-0.2, 0) is 0 Å². The van der Waals surface area contributed by atoms with Gasteiger partial charge in [-0.25, -0.2) is 8.78 Å². The zero-order valence-electron chi connectivity index (χ0n) is 14.6. The highest BCUT2D eigenvalue weighted by Gasteiger charge is 2.27. The number of hydrogen-bond donors (Lipinski definition) is 1. The number of nitriles is 2. The molecule has 0 saturated carbocycles. The summed E-state index contributed by atoms with van der Waals surface area (Å²) >= 11 is 0. The third kappa shape index (κ3) is 3.84. The van der Waals surface area contributed by atoms with Crippen molar-refractivity contribution < 1.29 is 18.3 Å². The molecule has 0 atom stereocenters. The fourth-order valence-electron chi connectivity index (χ4n) is 2.31. The van der Waals surface area contributed by atoms with Crippen LogP contribution in [0.15, 0.2) is 24.3 Å². The first-order valence-electron chi connectivity index (χ1n) is 7.94. The van der Waals surface area contributed by atoms with Gasteiger partial charge in [0.05, 0.1) is 12.7 Å². The standard InChI is InChI=1S/C19H17F2N3O2/c1-4-25-13-7-5-6-12(8-13)24-18-16(20)14(9-22)15(10-23)17(21)19(18)26-11(2)3/h5-8,11,24H,4H2,1-3H3. The molecule has 0 saturated heterocycles. The Balaban J connectivity index is 2.63. The van der Waals surface area contributed by atoms with Gasteiger partial charge >= 0.3 is 0 Å². The molecule has 0 fully saturated rings. The summed E-state index contributed by atoms with van der Waals surface area (Å²) in [5.41, 5.74) is -1.30. The maximum absolute atomic E-state index is 14.8. The normalized spacial score (nSPS) is 10.2. The Bertz CT molecular complexity index is 899. The molecule has 7 heteroatoms. The van der Waals surface area contributed by atoms with Crippen molar-refractivity contribution in [2.24, 2.45) is 0 Å². The summed E-state index contributed by atoms with van der Waals surface area (Å²) in [5.74, 6) is -2.04. The second kappa shape index (κ2) is 8.17. The van der Waals surface area contributed by atoms with Gasteiger partial charge in [0.2, 0.25) is 0 Å². The van der Waals surface area contributed by atoms with Crippen molar-refractivity contribution in [2.45, 2.75) is 26.9 Å². The van der Waals surface area contributed by atoms with Gasteiger partial charge in [-0.15, -0.1) is 0 Å². The molecule has 0 unspecified atom stereocenters. The van der Waals surface area contributed by atoms with Crippen molar-refractivity contribution in [1.82, 2.24) is 0 Å². The average Bonchev–Trinajstić information content (AvgIpc) is 2.61. The van der Waals surface area contributed by atoms with Gasteiger partial charge in [-0.1, -0.05) is 6.07 Å². The predicted octanol–water partition coefficient (Wildman–Crippen LogP) is 4.64. The first kappa shape index (κ1) is 19.0. The second-order valence-electron chi connectivity index (χ2n) is 5.56. The highest BCUT2D eigenvalue weighted by atomic mass is 19.1. The van der Waals surface area contributed by atoms with E-state index in [-0.39, 0.29) is 5.69 Å². The molecule has 0 aliphatic heterocycles. The zero-order valence-corrected chi connectivity index (χ0v) is 14.6. The lowest BCUT2D eigenvalue weighted by Gasteiger charge is -2.19. The highest BCUT2D eigenvalue weighted by Crippen LogP contribution is 2.38. The van der Waals surface area contributed by atoms with E-state index in [4.69, 9.17) is 20.0 Å². The Morgan fingerprint density at radius 2 is 1.77 bits per heavy atom. The fraction of sp³-hybridized carbons (Fsp3) is 0.263. The number of benzene rings is 2. The molecule has 5 nitrogen and oxygen atoms in total. The Morgan fingerprint density at radius 1 is 1.12 bits per heavy atom. The number of nitrogens with zero attached hydrogens (tertiary/aromatic N) is 2. The van der Waals surface area contributed by atoms with Crippen molar-refractivity contribution in [1.29, 1.82) is 10.5 Å². The van der Waals surface area contributed by atoms with Crippen LogP contribution in [0.25, 0.3) is 0 Å². The van der Waals surface area contributed by atoms with E-state index in [1.54, 1.807) is 38.1 Å². The molecule has 0 amide bonds. The van der Waals surface area contributed by atoms with E-state index < -0.39 is 34.6 Å². The van der Waals surface area contributed by atoms with Crippen LogP contribution >= 0.6 is 0 Å². The first-order valence-corrected chi connectivity index (χ1v) is 7.94. The molecule has 2 aromatic rings. The van der Waals surface area contributed by atoms with Crippen LogP contribution in [0.3, 0.4) is 0 Å². The van der Waals surface area contributed by atoms with E-state index in [2.05, 4.69) is 5.32 Å². The van der Waals surface area contributed by atoms with Crippen LogP contribution in [0, 0.1) is 34.3 Å². The van der Waals surface area contributed by atoms with Crippen LogP contribution in [-0.4, -0.2) is 12.7 Å². The third-order valence-corrected chi connectivity index (χ3v) is 3.33. The van der Waals surface area contributed by atoms with Gasteiger partial charge in [-0.3, -0.25) is 0 Å². The summed E-state index contributed by atoms with van der Waals surface area (Å²) in [6, 6.07) is 9.69. The quantitative estimate of drug-likeness (QED) is 0.815. The molecule has 2 rings (SSSR count). The van der Waals surface area contributed by atoms with Crippen LogP contribution in [0.5, 0.6) is 11.5 Å². The number of rotatable bonds is 6. The summed E-state index contributed by atoms with van der Waals surface area (Å²) in [6.45, 7) is 5.55. The van der Waals surface area contributed by atoms with E-state index in [9.17, 15) is 8.78 Å². The smallest absolute Gasteiger partial charge is 0.186 e. The minimum atomic E-state index is -1.08. The Hall–Kier alpha value is -3.32. The summed E-state index contributed by atoms with van der Waals surface area (Å²) in [4.78, 5) is 0. The topological polar surface area (TPSA) is 78.1 Å². The van der Waals surface area contributed by atoms with Gasteiger partial charge in [-0.05, 0) is 32.9 Å². The molecule has 0 radical (unpaired) electrons. The monoisotopic (exact) mass is 357 g/mol. The maximum Gasteiger partial charge on any atom is 0.186 e. The second-order valence-corrected chi connectivity index (χ2v) is 5.56. The highest BCUT2D eigenvalue weighted by molar-refractivity contribution is 5.73. The molecule has 0 aliphatic carbocycles. The first-order chi connectivity index (χ1) is 12.4. The summed E-state index contributed by atoms with van der Waals surface area (Å²) < 4.78 is 40.3. The van der Waals surface area contributed by atoms with Crippen molar-refractivity contribution in [3.05, 3.63) is 47.0 Å². The molecular weight excluding hydrogens is 340 g/mol. The van der Waals surface area contributed by atoms with Gasteiger partial charge in [-0.2, -0.15) is 10.5 Å². The molecule has 0 aromatic heterocycles. The van der Waals surface area contributed by atoms with Gasteiger partial charge < -0.3 is 14.8 Å². The van der Waals surface area contributed by atoms with E-state index in [1.807, 2.05) is 6.92 Å². The molecule has 26 heavy (non-hydrogen) atoms. The SMILES string of the molecule is CCOc1cccc(Nc2c(F)c(C#N)c(C#N)c(F)c2OC(C)C)c1. The lowest BCUT2D eigenvalue weighted by Crippen LogP contribution is -2.12. The summed E-state index contributed by atoms with van der Waals surface area (Å²) in [7, 11) is 0. The average molecular weight is 357 g/mol. The molecule has 0 aliphatic rings. The van der Waals surface area contributed by atoms with Gasteiger partial charge in [0.25, 0.3) is 0 Å². The van der Waals surface area contributed by atoms with Gasteiger partial charge in [0, 0.05) is 11.8 Å². The van der Waals surface area contributed by atoms with Crippen LogP contribution in [0.2, 0.25) is 0 Å². The van der Waals surface area contributed by atoms with Crippen LogP contribution in [0.4, 0.5) is 20.2 Å². The number of halogens is 2. The largest absolute Gasteiger partial charge is 0.494 e. The van der Waals surface area contributed by atoms with E-state index >= 15 is 0 Å². The van der Waals surface area contributed by atoms with Gasteiger partial charge in [0.15, 0.2) is 17.4 Å². The molecule has 0 spiro atoms. The maximum atomic E-state index is 14.8. The molecule has 2 aromatic carbocycles. The minimum absolute atomic E-state index is 0.347. The van der Waals surface area contributed by atoms with E-state index in [0.717, 1.165) is 0 Å². The van der Waals surface area contributed by atoms with Crippen molar-refractivity contribution in [2.75, 3.05) is 11.9 Å². The molecular formula is C19H17F2N3O2. The fourth-order valence-corrected chi connectivity index (χ4v) is 2.31. The molecule has 134 valence electrons.